The van der Waals surface area contributed by atoms with E-state index in [1.54, 1.807) is 18.2 Å². The van der Waals surface area contributed by atoms with E-state index in [4.69, 9.17) is 39.0 Å². The number of anilines is 1. The SMILES string of the molecule is CC1(C)CC(C(=O)O)CC(C)(C)N1.CC1(C)CC(c2nc3cc(Cl)ccc3s2)CC(C)(C)N1.Nc1cc(Cl)ccc1S. The molecule has 5 rings (SSSR count). The summed E-state index contributed by atoms with van der Waals surface area (Å²) in [7, 11) is 0. The zero-order valence-electron chi connectivity index (χ0n) is 25.9. The topological polar surface area (TPSA) is 100 Å². The van der Waals surface area contributed by atoms with Crippen molar-refractivity contribution in [3.05, 3.63) is 51.5 Å². The van der Waals surface area contributed by atoms with Gasteiger partial charge in [-0.25, -0.2) is 4.98 Å². The molecule has 2 saturated heterocycles. The summed E-state index contributed by atoms with van der Waals surface area (Å²) < 4.78 is 1.23. The molecule has 10 heteroatoms. The summed E-state index contributed by atoms with van der Waals surface area (Å²) in [4.78, 5) is 16.5. The van der Waals surface area contributed by atoms with Gasteiger partial charge >= 0.3 is 5.97 Å². The molecule has 6 nitrogen and oxygen atoms in total. The number of benzene rings is 2. The van der Waals surface area contributed by atoms with Gasteiger partial charge < -0.3 is 21.5 Å². The molecular formula is C32H46Cl2N4O2S2. The van der Waals surface area contributed by atoms with E-state index in [0.717, 1.165) is 28.3 Å². The third kappa shape index (κ3) is 10.3. The lowest BCUT2D eigenvalue weighted by Crippen LogP contribution is -2.58. The number of thiazole rings is 1. The Labute approximate surface area is 270 Å². The van der Waals surface area contributed by atoms with Gasteiger partial charge in [0.25, 0.3) is 0 Å². The maximum absolute atomic E-state index is 10.9. The van der Waals surface area contributed by atoms with E-state index < -0.39 is 5.97 Å². The lowest BCUT2D eigenvalue weighted by Gasteiger charge is -2.46. The average Bonchev–Trinajstić information content (AvgIpc) is 3.22. The highest BCUT2D eigenvalue weighted by Gasteiger charge is 2.41. The molecule has 3 aromatic rings. The standard InChI is InChI=1S/C16H21ClN2S.C10H19NO2.C6H6ClNS/c1-15(2)8-10(9-16(3,4)19-15)14-18-12-7-11(17)5-6-13(12)20-14;1-9(2)5-7(8(12)13)6-10(3,4)11-9;7-4-1-2-6(9)5(8)3-4/h5-7,10,19H,8-9H2,1-4H3;7,11H,5-6H2,1-4H3,(H,12,13);1-3,9H,8H2. The van der Waals surface area contributed by atoms with Crippen LogP contribution >= 0.6 is 47.2 Å². The first-order chi connectivity index (χ1) is 19.2. The van der Waals surface area contributed by atoms with E-state index in [1.807, 2.05) is 23.5 Å². The Morgan fingerprint density at radius 3 is 1.83 bits per heavy atom. The number of rotatable bonds is 2. The summed E-state index contributed by atoms with van der Waals surface area (Å²) in [5, 5.41) is 18.8. The number of fused-ring (bicyclic) bond motifs is 1. The molecular weight excluding hydrogens is 607 g/mol. The molecule has 0 aliphatic carbocycles. The molecule has 0 bridgehead atoms. The third-order valence-electron chi connectivity index (χ3n) is 7.43. The van der Waals surface area contributed by atoms with E-state index in [2.05, 4.69) is 84.7 Å². The largest absolute Gasteiger partial charge is 0.481 e. The number of hydrogen-bond donors (Lipinski definition) is 5. The molecule has 3 heterocycles. The number of aromatic nitrogens is 1. The van der Waals surface area contributed by atoms with Crippen LogP contribution in [-0.4, -0.2) is 38.2 Å². The van der Waals surface area contributed by atoms with Gasteiger partial charge in [-0.1, -0.05) is 23.2 Å². The summed E-state index contributed by atoms with van der Waals surface area (Å²) in [5.74, 6) is -0.341. The minimum absolute atomic E-state index is 0.0647. The number of piperidine rings is 2. The number of aliphatic carboxylic acids is 1. The fourth-order valence-corrected chi connectivity index (χ4v) is 8.15. The van der Waals surface area contributed by atoms with E-state index in [9.17, 15) is 4.79 Å². The molecule has 2 aliphatic heterocycles. The molecule has 1 aromatic heterocycles. The summed E-state index contributed by atoms with van der Waals surface area (Å²) >= 11 is 17.5. The molecule has 5 N–H and O–H groups in total. The van der Waals surface area contributed by atoms with Crippen LogP contribution < -0.4 is 16.4 Å². The highest BCUT2D eigenvalue weighted by molar-refractivity contribution is 7.80. The van der Waals surface area contributed by atoms with Crippen LogP contribution in [0.3, 0.4) is 0 Å². The van der Waals surface area contributed by atoms with Crippen LogP contribution in [0.2, 0.25) is 10.0 Å². The third-order valence-corrected chi connectivity index (χ3v) is 9.51. The fourth-order valence-electron chi connectivity index (χ4n) is 6.61. The van der Waals surface area contributed by atoms with Crippen LogP contribution in [0.25, 0.3) is 10.2 Å². The van der Waals surface area contributed by atoms with Crippen LogP contribution in [0.1, 0.15) is 92.0 Å². The molecule has 0 spiro atoms. The number of nitrogens with two attached hydrogens (primary N) is 1. The molecule has 0 radical (unpaired) electrons. The quantitative estimate of drug-likeness (QED) is 0.140. The van der Waals surface area contributed by atoms with Gasteiger partial charge in [0.2, 0.25) is 0 Å². The predicted octanol–water partition coefficient (Wildman–Crippen LogP) is 8.81. The number of hydrogen-bond acceptors (Lipinski definition) is 7. The number of carboxylic acid groups (broad SMARTS) is 1. The van der Waals surface area contributed by atoms with Crippen molar-refractivity contribution in [3.8, 4) is 0 Å². The van der Waals surface area contributed by atoms with Crippen molar-refractivity contribution in [3.63, 3.8) is 0 Å². The lowest BCUT2D eigenvalue weighted by molar-refractivity contribution is -0.144. The number of nitrogens with one attached hydrogen (secondary N) is 2. The van der Waals surface area contributed by atoms with Gasteiger partial charge in [0.15, 0.2) is 0 Å². The van der Waals surface area contributed by atoms with Gasteiger partial charge in [-0.3, -0.25) is 4.79 Å². The molecule has 0 unspecified atom stereocenters. The van der Waals surface area contributed by atoms with Gasteiger partial charge in [-0.2, -0.15) is 0 Å². The molecule has 42 heavy (non-hydrogen) atoms. The van der Waals surface area contributed by atoms with E-state index in [-0.39, 0.29) is 28.1 Å². The number of halogens is 2. The zero-order chi connectivity index (χ0) is 31.7. The van der Waals surface area contributed by atoms with Crippen molar-refractivity contribution in [2.75, 3.05) is 5.73 Å². The first-order valence-electron chi connectivity index (χ1n) is 14.3. The van der Waals surface area contributed by atoms with Crippen LogP contribution in [-0.2, 0) is 4.79 Å². The Kier molecular flexibility index (Phi) is 11.0. The molecule has 2 fully saturated rings. The van der Waals surface area contributed by atoms with Crippen molar-refractivity contribution in [1.29, 1.82) is 0 Å². The number of thiol groups is 1. The lowest BCUT2D eigenvalue weighted by atomic mass is 9.76. The fraction of sp³-hybridized carbons (Fsp3) is 0.562. The monoisotopic (exact) mass is 652 g/mol. The Morgan fingerprint density at radius 1 is 0.881 bits per heavy atom. The highest BCUT2D eigenvalue weighted by atomic mass is 35.5. The van der Waals surface area contributed by atoms with Gasteiger partial charge in [-0.05, 0) is 117 Å². The average molecular weight is 654 g/mol. The first kappa shape index (κ1) is 34.9. The zero-order valence-corrected chi connectivity index (χ0v) is 29.2. The second-order valence-corrected chi connectivity index (χ2v) is 16.6. The van der Waals surface area contributed by atoms with E-state index in [1.165, 1.54) is 9.71 Å². The number of nitrogen functional groups attached to an aromatic ring is 1. The van der Waals surface area contributed by atoms with Crippen LogP contribution in [0.5, 0.6) is 0 Å². The van der Waals surface area contributed by atoms with Gasteiger partial charge in [-0.15, -0.1) is 24.0 Å². The summed E-state index contributed by atoms with van der Waals surface area (Å²) in [6.45, 7) is 17.4. The van der Waals surface area contributed by atoms with Crippen molar-refractivity contribution < 1.29 is 9.90 Å². The Hall–Kier alpha value is -1.55. The Balaban J connectivity index is 0.000000189. The first-order valence-corrected chi connectivity index (χ1v) is 16.3. The van der Waals surface area contributed by atoms with Crippen molar-refractivity contribution >= 4 is 69.0 Å². The van der Waals surface area contributed by atoms with E-state index >= 15 is 0 Å². The summed E-state index contributed by atoms with van der Waals surface area (Å²) in [6, 6.07) is 11.2. The molecule has 0 atom stereocenters. The summed E-state index contributed by atoms with van der Waals surface area (Å²) in [6.07, 6.45) is 3.69. The van der Waals surface area contributed by atoms with Gasteiger partial charge in [0.05, 0.1) is 21.1 Å². The minimum Gasteiger partial charge on any atom is -0.481 e. The molecule has 0 amide bonds. The minimum atomic E-state index is -0.664. The van der Waals surface area contributed by atoms with Gasteiger partial charge in [0, 0.05) is 48.7 Å². The summed E-state index contributed by atoms with van der Waals surface area (Å²) in [5.41, 5.74) is 7.29. The molecule has 0 saturated carbocycles. The van der Waals surface area contributed by atoms with Crippen LogP contribution in [0.4, 0.5) is 5.69 Å². The smallest absolute Gasteiger partial charge is 0.306 e. The van der Waals surface area contributed by atoms with E-state index in [0.29, 0.717) is 29.5 Å². The predicted molar refractivity (Wildman–Crippen MR) is 183 cm³/mol. The molecule has 2 aliphatic rings. The van der Waals surface area contributed by atoms with Crippen molar-refractivity contribution in [2.24, 2.45) is 5.92 Å². The van der Waals surface area contributed by atoms with Gasteiger partial charge in [0.1, 0.15) is 0 Å². The normalized spacial score (nSPS) is 21.0. The maximum atomic E-state index is 10.9. The van der Waals surface area contributed by atoms with Crippen molar-refractivity contribution in [2.45, 2.75) is 114 Å². The number of carbonyl (C=O) groups is 1. The maximum Gasteiger partial charge on any atom is 0.306 e. The Morgan fingerprint density at radius 2 is 1.36 bits per heavy atom. The highest BCUT2D eigenvalue weighted by Crippen LogP contribution is 2.41. The van der Waals surface area contributed by atoms with Crippen LogP contribution in [0, 0.1) is 5.92 Å². The number of nitrogens with zero attached hydrogens (tertiary/aromatic N) is 1. The van der Waals surface area contributed by atoms with Crippen LogP contribution in [0.15, 0.2) is 41.3 Å². The number of carboxylic acids is 1. The Bertz CT molecular complexity index is 1370. The molecule has 2 aromatic carbocycles. The molecule has 232 valence electrons. The second kappa shape index (κ2) is 13.2. The second-order valence-electron chi connectivity index (χ2n) is 14.2. The van der Waals surface area contributed by atoms with Crippen molar-refractivity contribution in [1.82, 2.24) is 15.6 Å².